The highest BCUT2D eigenvalue weighted by Crippen LogP contribution is 2.45. The van der Waals surface area contributed by atoms with E-state index in [1.807, 2.05) is 0 Å². The van der Waals surface area contributed by atoms with Crippen LogP contribution in [0.3, 0.4) is 0 Å². The van der Waals surface area contributed by atoms with Gasteiger partial charge in [0.15, 0.2) is 6.73 Å². The number of aliphatic hydroxyl groups is 1. The molecule has 1 spiro atoms. The molecule has 1 aromatic rings. The SMILES string of the molecule is O=C(OCn1cnc(Cl)cc1=O)N1CCC(O)C2(CCCC2)C1. The van der Waals surface area contributed by atoms with E-state index in [0.29, 0.717) is 19.5 Å². The Morgan fingerprint density at radius 2 is 2.22 bits per heavy atom. The smallest absolute Gasteiger partial charge is 0.411 e. The first-order chi connectivity index (χ1) is 11.0. The first-order valence-electron chi connectivity index (χ1n) is 7.82. The quantitative estimate of drug-likeness (QED) is 0.826. The predicted octanol–water partition coefficient (Wildman–Crippen LogP) is 1.62. The summed E-state index contributed by atoms with van der Waals surface area (Å²) in [6, 6.07) is 1.17. The number of hydrogen-bond acceptors (Lipinski definition) is 5. The second-order valence-corrected chi connectivity index (χ2v) is 6.74. The van der Waals surface area contributed by atoms with Gasteiger partial charge < -0.3 is 14.7 Å². The van der Waals surface area contributed by atoms with Crippen LogP contribution in [0.15, 0.2) is 17.2 Å². The van der Waals surface area contributed by atoms with Crippen molar-refractivity contribution in [2.45, 2.75) is 44.9 Å². The molecule has 1 unspecified atom stereocenters. The van der Waals surface area contributed by atoms with E-state index >= 15 is 0 Å². The lowest BCUT2D eigenvalue weighted by Crippen LogP contribution is -2.52. The van der Waals surface area contributed by atoms with Gasteiger partial charge in [0.25, 0.3) is 5.56 Å². The number of hydrogen-bond donors (Lipinski definition) is 1. The molecule has 0 bridgehead atoms. The molecule has 1 aliphatic carbocycles. The molecule has 1 N–H and O–H groups in total. The molecule has 1 saturated heterocycles. The Morgan fingerprint density at radius 1 is 1.48 bits per heavy atom. The van der Waals surface area contributed by atoms with Crippen LogP contribution in [-0.2, 0) is 11.5 Å². The van der Waals surface area contributed by atoms with Crippen LogP contribution in [-0.4, -0.2) is 44.8 Å². The van der Waals surface area contributed by atoms with Crippen LogP contribution in [0.1, 0.15) is 32.1 Å². The number of rotatable bonds is 2. The molecule has 7 nitrogen and oxygen atoms in total. The molecule has 0 radical (unpaired) electrons. The number of aliphatic hydroxyl groups excluding tert-OH is 1. The van der Waals surface area contributed by atoms with Crippen molar-refractivity contribution in [2.75, 3.05) is 13.1 Å². The number of ether oxygens (including phenoxy) is 1. The van der Waals surface area contributed by atoms with Gasteiger partial charge in [0.2, 0.25) is 0 Å². The standard InChI is InChI=1S/C15H20ClN3O4/c16-12-7-13(21)19(9-17-12)10-23-14(22)18-6-3-11(20)15(8-18)4-1-2-5-15/h7,9,11,20H,1-6,8,10H2. The molecule has 0 aromatic carbocycles. The van der Waals surface area contributed by atoms with Crippen molar-refractivity contribution in [1.82, 2.24) is 14.5 Å². The number of halogens is 1. The molecule has 2 aliphatic rings. The maximum atomic E-state index is 12.3. The van der Waals surface area contributed by atoms with Gasteiger partial charge in [-0.3, -0.25) is 9.36 Å². The Kier molecular flexibility index (Phi) is 4.59. The van der Waals surface area contributed by atoms with Gasteiger partial charge in [-0.25, -0.2) is 9.78 Å². The number of carbonyl (C=O) groups is 1. The Bertz CT molecular complexity index is 642. The summed E-state index contributed by atoms with van der Waals surface area (Å²) in [5, 5.41) is 10.4. The van der Waals surface area contributed by atoms with Gasteiger partial charge in [-0.15, -0.1) is 0 Å². The zero-order chi connectivity index (χ0) is 16.4. The Morgan fingerprint density at radius 3 is 2.91 bits per heavy atom. The molecule has 8 heteroatoms. The highest BCUT2D eigenvalue weighted by atomic mass is 35.5. The molecule has 1 atom stereocenters. The monoisotopic (exact) mass is 341 g/mol. The van der Waals surface area contributed by atoms with Crippen LogP contribution in [0.5, 0.6) is 0 Å². The molecular weight excluding hydrogens is 322 g/mol. The predicted molar refractivity (Wildman–Crippen MR) is 83.1 cm³/mol. The third kappa shape index (κ3) is 3.35. The van der Waals surface area contributed by atoms with Crippen molar-refractivity contribution in [3.63, 3.8) is 0 Å². The van der Waals surface area contributed by atoms with E-state index < -0.39 is 6.09 Å². The maximum Gasteiger partial charge on any atom is 0.411 e. The van der Waals surface area contributed by atoms with Gasteiger partial charge >= 0.3 is 6.09 Å². The average molecular weight is 342 g/mol. The van der Waals surface area contributed by atoms with E-state index in [4.69, 9.17) is 16.3 Å². The lowest BCUT2D eigenvalue weighted by atomic mass is 9.76. The van der Waals surface area contributed by atoms with Crippen molar-refractivity contribution in [1.29, 1.82) is 0 Å². The number of amides is 1. The van der Waals surface area contributed by atoms with Gasteiger partial charge in [-0.1, -0.05) is 24.4 Å². The summed E-state index contributed by atoms with van der Waals surface area (Å²) in [7, 11) is 0. The van der Waals surface area contributed by atoms with Crippen LogP contribution >= 0.6 is 11.6 Å². The van der Waals surface area contributed by atoms with Gasteiger partial charge in [0, 0.05) is 24.6 Å². The van der Waals surface area contributed by atoms with Crippen molar-refractivity contribution < 1.29 is 14.6 Å². The topological polar surface area (TPSA) is 84.7 Å². The molecule has 2 fully saturated rings. The molecule has 126 valence electrons. The van der Waals surface area contributed by atoms with Crippen LogP contribution in [0.25, 0.3) is 0 Å². The molecule has 1 amide bonds. The number of carbonyl (C=O) groups excluding carboxylic acids is 1. The molecule has 1 saturated carbocycles. The second-order valence-electron chi connectivity index (χ2n) is 6.35. The third-order valence-electron chi connectivity index (χ3n) is 4.92. The molecule has 3 rings (SSSR count). The van der Waals surface area contributed by atoms with Gasteiger partial charge in [-0.05, 0) is 19.3 Å². The molecule has 1 aromatic heterocycles. The van der Waals surface area contributed by atoms with Crippen molar-refractivity contribution in [2.24, 2.45) is 5.41 Å². The van der Waals surface area contributed by atoms with Gasteiger partial charge in [-0.2, -0.15) is 0 Å². The maximum absolute atomic E-state index is 12.3. The summed E-state index contributed by atoms with van der Waals surface area (Å²) in [5.41, 5.74) is -0.560. The molecular formula is C15H20ClN3O4. The zero-order valence-electron chi connectivity index (χ0n) is 12.8. The number of aromatic nitrogens is 2. The fraction of sp³-hybridized carbons (Fsp3) is 0.667. The minimum atomic E-state index is -0.468. The van der Waals surface area contributed by atoms with Gasteiger partial charge in [0.05, 0.1) is 6.10 Å². The highest BCUT2D eigenvalue weighted by molar-refractivity contribution is 6.29. The van der Waals surface area contributed by atoms with E-state index in [1.165, 1.54) is 17.0 Å². The Hall–Kier alpha value is -1.60. The van der Waals surface area contributed by atoms with E-state index in [9.17, 15) is 14.7 Å². The third-order valence-corrected chi connectivity index (χ3v) is 5.12. The van der Waals surface area contributed by atoms with Crippen LogP contribution < -0.4 is 5.56 Å². The van der Waals surface area contributed by atoms with Crippen molar-refractivity contribution >= 4 is 17.7 Å². The fourth-order valence-electron chi connectivity index (χ4n) is 3.59. The number of piperidine rings is 1. The van der Waals surface area contributed by atoms with E-state index in [0.717, 1.165) is 25.7 Å². The van der Waals surface area contributed by atoms with Crippen molar-refractivity contribution in [3.8, 4) is 0 Å². The summed E-state index contributed by atoms with van der Waals surface area (Å²) in [6.07, 6.45) is 5.06. The normalized spacial score (nSPS) is 23.2. The summed E-state index contributed by atoms with van der Waals surface area (Å²) >= 11 is 5.62. The highest BCUT2D eigenvalue weighted by Gasteiger charge is 2.45. The zero-order valence-corrected chi connectivity index (χ0v) is 13.5. The van der Waals surface area contributed by atoms with Crippen LogP contribution in [0.2, 0.25) is 5.15 Å². The van der Waals surface area contributed by atoms with Gasteiger partial charge in [0.1, 0.15) is 11.5 Å². The lowest BCUT2D eigenvalue weighted by molar-refractivity contribution is -0.0430. The van der Waals surface area contributed by atoms with Crippen LogP contribution in [0.4, 0.5) is 4.79 Å². The van der Waals surface area contributed by atoms with Crippen molar-refractivity contribution in [3.05, 3.63) is 27.9 Å². The van der Waals surface area contributed by atoms with E-state index in [2.05, 4.69) is 4.98 Å². The second kappa shape index (κ2) is 6.49. The largest absolute Gasteiger partial charge is 0.427 e. The summed E-state index contributed by atoms with van der Waals surface area (Å²) < 4.78 is 6.39. The average Bonchev–Trinajstić information content (AvgIpc) is 2.98. The van der Waals surface area contributed by atoms with E-state index in [1.54, 1.807) is 4.90 Å². The summed E-state index contributed by atoms with van der Waals surface area (Å²) in [6.45, 7) is 0.782. The van der Waals surface area contributed by atoms with Crippen LogP contribution in [0, 0.1) is 5.41 Å². The minimum Gasteiger partial charge on any atom is -0.427 e. The number of nitrogens with zero attached hydrogens (tertiary/aromatic N) is 3. The van der Waals surface area contributed by atoms with E-state index in [-0.39, 0.29) is 29.0 Å². The Labute approximate surface area is 138 Å². The fourth-order valence-corrected chi connectivity index (χ4v) is 3.73. The molecule has 23 heavy (non-hydrogen) atoms. The summed E-state index contributed by atoms with van der Waals surface area (Å²) in [5.74, 6) is 0. The number of likely N-dealkylation sites (tertiary alicyclic amines) is 1. The molecule has 2 heterocycles. The lowest BCUT2D eigenvalue weighted by Gasteiger charge is -2.43. The Balaban J connectivity index is 1.61. The molecule has 1 aliphatic heterocycles. The minimum absolute atomic E-state index is 0.103. The summed E-state index contributed by atoms with van der Waals surface area (Å²) in [4.78, 5) is 29.4. The first kappa shape index (κ1) is 16.3. The first-order valence-corrected chi connectivity index (χ1v) is 8.20.